The fourth-order valence-electron chi connectivity index (χ4n) is 1.56. The number of hydrogen-bond donors (Lipinski definition) is 1. The number of rotatable bonds is 3. The minimum absolute atomic E-state index is 0.116. The highest BCUT2D eigenvalue weighted by Gasteiger charge is 2.08. The molecule has 1 unspecified atom stereocenters. The van der Waals surface area contributed by atoms with Gasteiger partial charge in [-0.2, -0.15) is 0 Å². The van der Waals surface area contributed by atoms with Crippen LogP contribution in [0.4, 0.5) is 14.5 Å². The minimum atomic E-state index is -0.831. The molecule has 88 valence electrons. The lowest BCUT2D eigenvalue weighted by Gasteiger charge is -2.15. The van der Waals surface area contributed by atoms with Crippen LogP contribution in [0, 0.1) is 11.6 Å². The van der Waals surface area contributed by atoms with Crippen molar-refractivity contribution >= 4 is 5.69 Å². The second-order valence-electron chi connectivity index (χ2n) is 3.78. The van der Waals surface area contributed by atoms with E-state index in [9.17, 15) is 8.78 Å². The summed E-state index contributed by atoms with van der Waals surface area (Å²) in [5, 5.41) is 3.15. The Bertz CT molecular complexity index is 500. The Morgan fingerprint density at radius 2 is 2.00 bits per heavy atom. The monoisotopic (exact) mass is 234 g/mol. The fourth-order valence-corrected chi connectivity index (χ4v) is 1.56. The number of nitrogens with one attached hydrogen (secondary N) is 1. The minimum Gasteiger partial charge on any atom is -0.377 e. The maximum atomic E-state index is 13.1. The Kier molecular flexibility index (Phi) is 3.32. The van der Waals surface area contributed by atoms with Gasteiger partial charge < -0.3 is 5.32 Å². The quantitative estimate of drug-likeness (QED) is 0.878. The molecule has 1 aromatic heterocycles. The van der Waals surface area contributed by atoms with E-state index in [0.717, 1.165) is 11.8 Å². The summed E-state index contributed by atoms with van der Waals surface area (Å²) in [5.74, 6) is -1.66. The largest absolute Gasteiger partial charge is 0.377 e. The number of benzene rings is 1. The summed E-state index contributed by atoms with van der Waals surface area (Å²) in [5.41, 5.74) is 1.53. The van der Waals surface area contributed by atoms with Crippen molar-refractivity contribution in [1.82, 2.24) is 4.98 Å². The molecule has 2 rings (SSSR count). The van der Waals surface area contributed by atoms with Gasteiger partial charge in [0, 0.05) is 18.4 Å². The average Bonchev–Trinajstić information content (AvgIpc) is 2.34. The van der Waals surface area contributed by atoms with E-state index < -0.39 is 11.6 Å². The molecule has 0 aliphatic carbocycles. The molecule has 2 nitrogen and oxygen atoms in total. The van der Waals surface area contributed by atoms with E-state index in [1.54, 1.807) is 24.5 Å². The van der Waals surface area contributed by atoms with Gasteiger partial charge in [-0.3, -0.25) is 4.98 Å². The second-order valence-corrected chi connectivity index (χ2v) is 3.78. The number of halogens is 2. The molecule has 4 heteroatoms. The van der Waals surface area contributed by atoms with E-state index in [-0.39, 0.29) is 6.04 Å². The Labute approximate surface area is 98.3 Å². The first kappa shape index (κ1) is 11.5. The summed E-state index contributed by atoms with van der Waals surface area (Å²) >= 11 is 0. The average molecular weight is 234 g/mol. The standard InChI is InChI=1S/C13H12F2N2/c1-9(17-11-3-2-6-16-8-11)10-4-5-12(14)13(15)7-10/h2-9,17H,1H3. The van der Waals surface area contributed by atoms with Gasteiger partial charge in [-0.1, -0.05) is 6.07 Å². The van der Waals surface area contributed by atoms with Gasteiger partial charge in [-0.25, -0.2) is 8.78 Å². The van der Waals surface area contributed by atoms with Crippen LogP contribution in [0.1, 0.15) is 18.5 Å². The first-order valence-electron chi connectivity index (χ1n) is 5.28. The molecular formula is C13H12F2N2. The molecule has 0 saturated heterocycles. The molecular weight excluding hydrogens is 222 g/mol. The van der Waals surface area contributed by atoms with Crippen LogP contribution in [-0.4, -0.2) is 4.98 Å². The lowest BCUT2D eigenvalue weighted by Crippen LogP contribution is -2.07. The summed E-state index contributed by atoms with van der Waals surface area (Å²) in [6.45, 7) is 1.87. The molecule has 1 aromatic carbocycles. The molecule has 0 radical (unpaired) electrons. The lowest BCUT2D eigenvalue weighted by atomic mass is 10.1. The molecule has 0 aliphatic heterocycles. The first-order valence-corrected chi connectivity index (χ1v) is 5.28. The maximum Gasteiger partial charge on any atom is 0.159 e. The van der Waals surface area contributed by atoms with Crippen molar-refractivity contribution < 1.29 is 8.78 Å². The zero-order chi connectivity index (χ0) is 12.3. The van der Waals surface area contributed by atoms with E-state index in [2.05, 4.69) is 10.3 Å². The predicted octanol–water partition coefficient (Wildman–Crippen LogP) is 3.53. The van der Waals surface area contributed by atoms with Crippen molar-refractivity contribution in [3.63, 3.8) is 0 Å². The summed E-state index contributed by atoms with van der Waals surface area (Å²) in [6.07, 6.45) is 3.35. The third-order valence-corrected chi connectivity index (χ3v) is 2.49. The Hall–Kier alpha value is -1.97. The van der Waals surface area contributed by atoms with Crippen LogP contribution in [0.25, 0.3) is 0 Å². The van der Waals surface area contributed by atoms with Crippen molar-refractivity contribution in [1.29, 1.82) is 0 Å². The number of anilines is 1. The van der Waals surface area contributed by atoms with Crippen molar-refractivity contribution in [3.05, 3.63) is 59.9 Å². The Balaban J connectivity index is 2.14. The van der Waals surface area contributed by atoms with Crippen molar-refractivity contribution in [2.24, 2.45) is 0 Å². The molecule has 1 N–H and O–H groups in total. The maximum absolute atomic E-state index is 13.1. The molecule has 1 heterocycles. The highest BCUT2D eigenvalue weighted by Crippen LogP contribution is 2.20. The molecule has 1 atom stereocenters. The van der Waals surface area contributed by atoms with Crippen molar-refractivity contribution in [3.8, 4) is 0 Å². The molecule has 0 bridgehead atoms. The van der Waals surface area contributed by atoms with E-state index >= 15 is 0 Å². The molecule has 0 amide bonds. The smallest absolute Gasteiger partial charge is 0.159 e. The predicted molar refractivity (Wildman–Crippen MR) is 62.6 cm³/mol. The lowest BCUT2D eigenvalue weighted by molar-refractivity contribution is 0.506. The normalized spacial score (nSPS) is 12.2. The van der Waals surface area contributed by atoms with Crippen LogP contribution in [0.2, 0.25) is 0 Å². The van der Waals surface area contributed by atoms with Gasteiger partial charge in [-0.05, 0) is 36.8 Å². The second kappa shape index (κ2) is 4.91. The summed E-state index contributed by atoms with van der Waals surface area (Å²) in [7, 11) is 0. The third kappa shape index (κ3) is 2.78. The van der Waals surface area contributed by atoms with Crippen LogP contribution < -0.4 is 5.32 Å². The first-order chi connectivity index (χ1) is 8.16. The highest BCUT2D eigenvalue weighted by atomic mass is 19.2. The fraction of sp³-hybridized carbons (Fsp3) is 0.154. The molecule has 0 aliphatic rings. The van der Waals surface area contributed by atoms with E-state index in [0.29, 0.717) is 5.56 Å². The number of pyridine rings is 1. The van der Waals surface area contributed by atoms with Gasteiger partial charge in [0.05, 0.1) is 5.69 Å². The Morgan fingerprint density at radius 3 is 2.65 bits per heavy atom. The van der Waals surface area contributed by atoms with Gasteiger partial charge in [0.1, 0.15) is 0 Å². The highest BCUT2D eigenvalue weighted by molar-refractivity contribution is 5.42. The van der Waals surface area contributed by atoms with Gasteiger partial charge in [0.2, 0.25) is 0 Å². The molecule has 2 aromatic rings. The van der Waals surface area contributed by atoms with E-state index in [1.807, 2.05) is 13.0 Å². The van der Waals surface area contributed by atoms with Crippen LogP contribution in [0.15, 0.2) is 42.7 Å². The van der Waals surface area contributed by atoms with Gasteiger partial charge in [0.25, 0.3) is 0 Å². The summed E-state index contributed by atoms with van der Waals surface area (Å²) in [4.78, 5) is 3.97. The van der Waals surface area contributed by atoms with Crippen molar-refractivity contribution in [2.45, 2.75) is 13.0 Å². The third-order valence-electron chi connectivity index (χ3n) is 2.49. The van der Waals surface area contributed by atoms with E-state index in [4.69, 9.17) is 0 Å². The van der Waals surface area contributed by atoms with Gasteiger partial charge in [0.15, 0.2) is 11.6 Å². The molecule has 17 heavy (non-hydrogen) atoms. The van der Waals surface area contributed by atoms with E-state index in [1.165, 1.54) is 6.07 Å². The Morgan fingerprint density at radius 1 is 1.18 bits per heavy atom. The van der Waals surface area contributed by atoms with Crippen LogP contribution in [0.5, 0.6) is 0 Å². The SMILES string of the molecule is CC(Nc1cccnc1)c1ccc(F)c(F)c1. The summed E-state index contributed by atoms with van der Waals surface area (Å²) < 4.78 is 25.8. The van der Waals surface area contributed by atoms with Crippen LogP contribution >= 0.6 is 0 Å². The summed E-state index contributed by atoms with van der Waals surface area (Å²) in [6, 6.07) is 7.44. The van der Waals surface area contributed by atoms with Gasteiger partial charge in [-0.15, -0.1) is 0 Å². The zero-order valence-electron chi connectivity index (χ0n) is 9.32. The van der Waals surface area contributed by atoms with Gasteiger partial charge >= 0.3 is 0 Å². The number of nitrogens with zero attached hydrogens (tertiary/aromatic N) is 1. The number of aromatic nitrogens is 1. The topological polar surface area (TPSA) is 24.9 Å². The van der Waals surface area contributed by atoms with Crippen molar-refractivity contribution in [2.75, 3.05) is 5.32 Å². The molecule has 0 spiro atoms. The molecule has 0 saturated carbocycles. The number of hydrogen-bond acceptors (Lipinski definition) is 2. The molecule has 0 fully saturated rings. The van der Waals surface area contributed by atoms with Crippen LogP contribution in [0.3, 0.4) is 0 Å². The van der Waals surface area contributed by atoms with Crippen LogP contribution in [-0.2, 0) is 0 Å². The zero-order valence-corrected chi connectivity index (χ0v) is 9.32.